The lowest BCUT2D eigenvalue weighted by molar-refractivity contribution is 0.177. The fraction of sp³-hybridized carbons (Fsp3) is 0.222. The molecule has 0 aliphatic carbocycles. The number of amides is 1. The van der Waals surface area contributed by atoms with Gasteiger partial charge in [0.2, 0.25) is 0 Å². The van der Waals surface area contributed by atoms with Crippen molar-refractivity contribution < 1.29 is 18.3 Å². The zero-order chi connectivity index (χ0) is 10.1. The Balaban J connectivity index is 0.00000112. The van der Waals surface area contributed by atoms with E-state index in [1.165, 1.54) is 12.1 Å². The quantitative estimate of drug-likeness (QED) is 0.810. The molecule has 1 aromatic carbocycles. The summed E-state index contributed by atoms with van der Waals surface area (Å²) in [5.74, 6) is -1.33. The number of halogens is 3. The second-order valence-corrected chi connectivity index (χ2v) is 3.00. The van der Waals surface area contributed by atoms with E-state index in [0.717, 1.165) is 6.07 Å². The molecule has 0 bridgehead atoms. The van der Waals surface area contributed by atoms with E-state index >= 15 is 0 Å². The number of alkyl carbamates (subject to hydrolysis) is 1. The largest absolute Gasteiger partial charge is 0.447 e. The van der Waals surface area contributed by atoms with E-state index in [0.29, 0.717) is 5.56 Å². The summed E-state index contributed by atoms with van der Waals surface area (Å²) in [4.78, 5) is 10.7. The number of ether oxygens (including phenoxy) is 1. The molecule has 6 heteroatoms. The molecular formula is C9H8ClF2NO2. The summed E-state index contributed by atoms with van der Waals surface area (Å²) >= 11 is 0. The molecule has 1 saturated heterocycles. The lowest BCUT2D eigenvalue weighted by Crippen LogP contribution is -2.18. The van der Waals surface area contributed by atoms with Gasteiger partial charge in [-0.2, -0.15) is 0 Å². The van der Waals surface area contributed by atoms with E-state index in [-0.39, 0.29) is 19.0 Å². The van der Waals surface area contributed by atoms with Gasteiger partial charge in [-0.05, 0) is 17.7 Å². The second-order valence-electron chi connectivity index (χ2n) is 3.00. The van der Waals surface area contributed by atoms with E-state index in [1.807, 2.05) is 0 Å². The molecule has 0 unspecified atom stereocenters. The van der Waals surface area contributed by atoms with Crippen molar-refractivity contribution >= 4 is 18.5 Å². The summed E-state index contributed by atoms with van der Waals surface area (Å²) in [6, 6.07) is 2.65. The molecule has 0 aromatic heterocycles. The van der Waals surface area contributed by atoms with Crippen molar-refractivity contribution in [1.29, 1.82) is 0 Å². The van der Waals surface area contributed by atoms with Gasteiger partial charge in [0.25, 0.3) is 0 Å². The maximum Gasteiger partial charge on any atom is 0.407 e. The minimum atomic E-state index is -0.666. The average molecular weight is 236 g/mol. The van der Waals surface area contributed by atoms with Gasteiger partial charge in [-0.25, -0.2) is 13.6 Å². The molecule has 3 nitrogen and oxygen atoms in total. The molecule has 1 aliphatic rings. The summed E-state index contributed by atoms with van der Waals surface area (Å²) in [6.45, 7) is 0.0989. The molecule has 15 heavy (non-hydrogen) atoms. The minimum absolute atomic E-state index is 0. The van der Waals surface area contributed by atoms with Crippen LogP contribution in [0.3, 0.4) is 0 Å². The Morgan fingerprint density at radius 1 is 1.27 bits per heavy atom. The molecule has 1 aliphatic heterocycles. The number of nitrogens with one attached hydrogen (secondary N) is 1. The third-order valence-electron chi connectivity index (χ3n) is 1.96. The zero-order valence-electron chi connectivity index (χ0n) is 7.50. The summed E-state index contributed by atoms with van der Waals surface area (Å²) in [7, 11) is 0. The first-order valence-electron chi connectivity index (χ1n) is 4.04. The fourth-order valence-corrected chi connectivity index (χ4v) is 1.34. The van der Waals surface area contributed by atoms with Crippen LogP contribution in [0.2, 0.25) is 0 Å². The monoisotopic (exact) mass is 235 g/mol. The third kappa shape index (κ3) is 2.56. The lowest BCUT2D eigenvalue weighted by atomic mass is 10.1. The van der Waals surface area contributed by atoms with Gasteiger partial charge >= 0.3 is 6.09 Å². The van der Waals surface area contributed by atoms with Gasteiger partial charge in [0, 0.05) is 6.07 Å². The van der Waals surface area contributed by atoms with Crippen LogP contribution in [0.25, 0.3) is 0 Å². The molecule has 1 N–H and O–H groups in total. The summed E-state index contributed by atoms with van der Waals surface area (Å²) in [5.41, 5.74) is 0.369. The van der Waals surface area contributed by atoms with Crippen LogP contribution in [0.4, 0.5) is 13.6 Å². The van der Waals surface area contributed by atoms with E-state index < -0.39 is 23.8 Å². The number of carbonyl (C=O) groups excluding carboxylic acids is 1. The maximum absolute atomic E-state index is 12.8. The van der Waals surface area contributed by atoms with Gasteiger partial charge in [-0.1, -0.05) is 0 Å². The SMILES string of the molecule is Cl.O=C1N[C@@H](c2cc(F)cc(F)c2)CO1. The van der Waals surface area contributed by atoms with E-state index in [1.54, 1.807) is 0 Å². The van der Waals surface area contributed by atoms with Crippen LogP contribution in [0, 0.1) is 11.6 Å². The van der Waals surface area contributed by atoms with Gasteiger partial charge in [-0.3, -0.25) is 0 Å². The number of carbonyl (C=O) groups is 1. The summed E-state index contributed by atoms with van der Waals surface area (Å²) in [6.07, 6.45) is -0.570. The van der Waals surface area contributed by atoms with Crippen molar-refractivity contribution in [2.45, 2.75) is 6.04 Å². The number of hydrogen-bond acceptors (Lipinski definition) is 2. The molecule has 1 fully saturated rings. The van der Waals surface area contributed by atoms with Crippen LogP contribution in [0.5, 0.6) is 0 Å². The van der Waals surface area contributed by atoms with Crippen LogP contribution in [-0.2, 0) is 4.74 Å². The third-order valence-corrected chi connectivity index (χ3v) is 1.96. The second kappa shape index (κ2) is 4.44. The zero-order valence-corrected chi connectivity index (χ0v) is 8.31. The van der Waals surface area contributed by atoms with E-state index in [2.05, 4.69) is 10.1 Å². The summed E-state index contributed by atoms with van der Waals surface area (Å²) in [5, 5.41) is 2.43. The van der Waals surface area contributed by atoms with Crippen molar-refractivity contribution in [3.63, 3.8) is 0 Å². The standard InChI is InChI=1S/C9H7F2NO2.ClH/c10-6-1-5(2-7(11)3-6)8-4-14-9(13)12-8;/h1-3,8H,4H2,(H,12,13);1H/t8-;/m1./s1. The molecular weight excluding hydrogens is 228 g/mol. The number of cyclic esters (lactones) is 1. The van der Waals surface area contributed by atoms with Gasteiger partial charge in [0.1, 0.15) is 18.2 Å². The molecule has 1 heterocycles. The topological polar surface area (TPSA) is 38.3 Å². The van der Waals surface area contributed by atoms with Crippen molar-refractivity contribution in [3.05, 3.63) is 35.4 Å². The normalized spacial score (nSPS) is 19.1. The Bertz CT molecular complexity index is 366. The molecule has 0 spiro atoms. The Morgan fingerprint density at radius 2 is 1.87 bits per heavy atom. The molecule has 1 atom stereocenters. The lowest BCUT2D eigenvalue weighted by Gasteiger charge is -2.07. The highest BCUT2D eigenvalue weighted by molar-refractivity contribution is 5.85. The Morgan fingerprint density at radius 3 is 2.33 bits per heavy atom. The van der Waals surface area contributed by atoms with Crippen molar-refractivity contribution in [2.24, 2.45) is 0 Å². The molecule has 1 aromatic rings. The van der Waals surface area contributed by atoms with Crippen molar-refractivity contribution in [1.82, 2.24) is 5.32 Å². The first-order valence-corrected chi connectivity index (χ1v) is 4.04. The summed E-state index contributed by atoms with van der Waals surface area (Å²) < 4.78 is 30.2. The molecule has 1 amide bonds. The highest BCUT2D eigenvalue weighted by atomic mass is 35.5. The molecule has 2 rings (SSSR count). The van der Waals surface area contributed by atoms with E-state index in [9.17, 15) is 13.6 Å². The highest BCUT2D eigenvalue weighted by Gasteiger charge is 2.24. The molecule has 0 radical (unpaired) electrons. The average Bonchev–Trinajstić information content (AvgIpc) is 2.50. The minimum Gasteiger partial charge on any atom is -0.447 e. The predicted molar refractivity (Wildman–Crippen MR) is 50.8 cm³/mol. The number of rotatable bonds is 1. The Kier molecular flexibility index (Phi) is 3.47. The number of hydrogen-bond donors (Lipinski definition) is 1. The van der Waals surface area contributed by atoms with Crippen molar-refractivity contribution in [2.75, 3.05) is 6.61 Å². The van der Waals surface area contributed by atoms with Gasteiger partial charge < -0.3 is 10.1 Å². The maximum atomic E-state index is 12.8. The van der Waals surface area contributed by atoms with Gasteiger partial charge in [0.15, 0.2) is 0 Å². The highest BCUT2D eigenvalue weighted by Crippen LogP contribution is 2.19. The van der Waals surface area contributed by atoms with Crippen LogP contribution in [0.1, 0.15) is 11.6 Å². The van der Waals surface area contributed by atoms with Crippen LogP contribution < -0.4 is 5.32 Å². The van der Waals surface area contributed by atoms with Gasteiger partial charge in [-0.15, -0.1) is 12.4 Å². The van der Waals surface area contributed by atoms with Crippen LogP contribution in [-0.4, -0.2) is 12.7 Å². The Hall–Kier alpha value is -1.36. The van der Waals surface area contributed by atoms with Crippen molar-refractivity contribution in [3.8, 4) is 0 Å². The van der Waals surface area contributed by atoms with E-state index in [4.69, 9.17) is 0 Å². The van der Waals surface area contributed by atoms with Crippen LogP contribution in [0.15, 0.2) is 18.2 Å². The van der Waals surface area contributed by atoms with Gasteiger partial charge in [0.05, 0.1) is 6.04 Å². The van der Waals surface area contributed by atoms with Crippen LogP contribution >= 0.6 is 12.4 Å². The molecule has 82 valence electrons. The first kappa shape index (κ1) is 11.7. The first-order chi connectivity index (χ1) is 6.65. The number of benzene rings is 1. The predicted octanol–water partition coefficient (Wildman–Crippen LogP) is 2.17. The molecule has 0 saturated carbocycles. The fourth-order valence-electron chi connectivity index (χ4n) is 1.34. The smallest absolute Gasteiger partial charge is 0.407 e. The Labute approximate surface area is 90.8 Å².